The summed E-state index contributed by atoms with van der Waals surface area (Å²) >= 11 is 6.98. The number of hydrogen-bond donors (Lipinski definition) is 2. The third-order valence-corrected chi connectivity index (χ3v) is 5.14. The molecule has 0 saturated carbocycles. The van der Waals surface area contributed by atoms with Crippen LogP contribution in [0, 0.1) is 10.7 Å². The molecule has 0 saturated heterocycles. The maximum Gasteiger partial charge on any atom is 0.0359 e. The van der Waals surface area contributed by atoms with E-state index in [0.717, 1.165) is 6.54 Å². The van der Waals surface area contributed by atoms with Crippen molar-refractivity contribution in [2.75, 3.05) is 0 Å². The maximum atomic E-state index is 5.27. The Morgan fingerprint density at radius 2 is 1.92 bits per heavy atom. The van der Waals surface area contributed by atoms with E-state index >= 15 is 0 Å². The van der Waals surface area contributed by atoms with E-state index in [1.54, 1.807) is 0 Å². The summed E-state index contributed by atoms with van der Waals surface area (Å²) in [5, 5.41) is 0. The first-order valence-electron chi connectivity index (χ1n) is 3.22. The lowest BCUT2D eigenvalue weighted by Gasteiger charge is -2.06. The molecule has 0 aromatic heterocycles. The van der Waals surface area contributed by atoms with E-state index < -0.39 is 0 Å². The summed E-state index contributed by atoms with van der Waals surface area (Å²) in [5.74, 6) is 5.27. The first-order chi connectivity index (χ1) is 5.65. The van der Waals surface area contributed by atoms with Gasteiger partial charge in [-0.15, -0.1) is 0 Å². The van der Waals surface area contributed by atoms with E-state index in [2.05, 4.69) is 85.3 Å². The van der Waals surface area contributed by atoms with Gasteiger partial charge < -0.3 is 0 Å². The first-order valence-corrected chi connectivity index (χ1v) is 6.45. The van der Waals surface area contributed by atoms with Crippen molar-refractivity contribution < 1.29 is 0 Å². The predicted molar refractivity (Wildman–Crippen MR) is 75.6 cm³/mol. The number of rotatable bonds is 2. The molecule has 3 N–H and O–H groups in total. The van der Waals surface area contributed by atoms with E-state index in [0.29, 0.717) is 0 Å². The molecule has 0 spiro atoms. The minimum atomic E-state index is 0.727. The molecule has 0 unspecified atom stereocenters. The Hall–Kier alpha value is 1.33. The van der Waals surface area contributed by atoms with Crippen LogP contribution in [-0.2, 0) is 6.54 Å². The SMILES string of the molecule is NNCc1cc(I)cc(I)c1I. The standard InChI is InChI=1S/C7H7I3N2/c8-5-1-4(3-12-11)7(10)6(9)2-5/h1-2,12H,3,11H2. The van der Waals surface area contributed by atoms with Gasteiger partial charge in [-0.1, -0.05) is 0 Å². The van der Waals surface area contributed by atoms with Gasteiger partial charge in [0.15, 0.2) is 0 Å². The topological polar surface area (TPSA) is 38.0 Å². The third kappa shape index (κ3) is 2.93. The fourth-order valence-corrected chi connectivity index (χ4v) is 3.32. The Bertz CT molecular complexity index is 288. The number of hydrazine groups is 1. The normalized spacial score (nSPS) is 10.3. The van der Waals surface area contributed by atoms with Gasteiger partial charge >= 0.3 is 0 Å². The van der Waals surface area contributed by atoms with Crippen LogP contribution in [-0.4, -0.2) is 0 Å². The minimum Gasteiger partial charge on any atom is -0.271 e. The highest BCUT2D eigenvalue weighted by atomic mass is 127. The Balaban J connectivity index is 3.09. The third-order valence-electron chi connectivity index (χ3n) is 1.36. The molecule has 66 valence electrons. The van der Waals surface area contributed by atoms with Crippen LogP contribution in [0.4, 0.5) is 0 Å². The van der Waals surface area contributed by atoms with Gasteiger partial charge in [-0.25, -0.2) is 0 Å². The van der Waals surface area contributed by atoms with E-state index in [-0.39, 0.29) is 0 Å². The molecule has 0 aliphatic carbocycles. The number of nitrogens with one attached hydrogen (secondary N) is 1. The molecule has 1 aromatic rings. The minimum absolute atomic E-state index is 0.727. The van der Waals surface area contributed by atoms with Crippen LogP contribution in [0.3, 0.4) is 0 Å². The van der Waals surface area contributed by atoms with Crippen molar-refractivity contribution >= 4 is 67.8 Å². The molecular weight excluding hydrogens is 493 g/mol. The van der Waals surface area contributed by atoms with E-state index in [1.807, 2.05) is 0 Å². The second kappa shape index (κ2) is 5.27. The smallest absolute Gasteiger partial charge is 0.0359 e. The summed E-state index contributed by atoms with van der Waals surface area (Å²) < 4.78 is 3.82. The van der Waals surface area contributed by atoms with Gasteiger partial charge in [0, 0.05) is 17.3 Å². The highest BCUT2D eigenvalue weighted by Gasteiger charge is 2.04. The van der Waals surface area contributed by atoms with E-state index in [1.165, 1.54) is 16.3 Å². The van der Waals surface area contributed by atoms with Crippen molar-refractivity contribution in [1.82, 2.24) is 5.43 Å². The van der Waals surface area contributed by atoms with Crippen LogP contribution in [0.1, 0.15) is 5.56 Å². The van der Waals surface area contributed by atoms with Crippen molar-refractivity contribution in [3.63, 3.8) is 0 Å². The average Bonchev–Trinajstić information content (AvgIpc) is 2.00. The second-order valence-corrected chi connectivity index (χ2v) is 5.73. The zero-order chi connectivity index (χ0) is 9.14. The van der Waals surface area contributed by atoms with Gasteiger partial charge in [-0.05, 0) is 85.5 Å². The molecule has 0 fully saturated rings. The molecular formula is C7H7I3N2. The Labute approximate surface area is 112 Å². The van der Waals surface area contributed by atoms with Crippen molar-refractivity contribution in [3.8, 4) is 0 Å². The Morgan fingerprint density at radius 3 is 2.50 bits per heavy atom. The predicted octanol–water partition coefficient (Wildman–Crippen LogP) is 2.46. The quantitative estimate of drug-likeness (QED) is 0.284. The van der Waals surface area contributed by atoms with Crippen molar-refractivity contribution in [1.29, 1.82) is 0 Å². The molecule has 0 amide bonds. The lowest BCUT2D eigenvalue weighted by Crippen LogP contribution is -2.21. The summed E-state index contributed by atoms with van der Waals surface area (Å²) in [4.78, 5) is 0. The summed E-state index contributed by atoms with van der Waals surface area (Å²) in [6, 6.07) is 4.30. The van der Waals surface area contributed by atoms with E-state index in [4.69, 9.17) is 5.84 Å². The summed E-state index contributed by atoms with van der Waals surface area (Å²) in [6.07, 6.45) is 0. The largest absolute Gasteiger partial charge is 0.271 e. The van der Waals surface area contributed by atoms with Crippen LogP contribution in [0.15, 0.2) is 12.1 Å². The monoisotopic (exact) mass is 500 g/mol. The van der Waals surface area contributed by atoms with Crippen molar-refractivity contribution in [3.05, 3.63) is 28.4 Å². The summed E-state index contributed by atoms with van der Waals surface area (Å²) in [6.45, 7) is 0.727. The van der Waals surface area contributed by atoms with Crippen molar-refractivity contribution in [2.24, 2.45) is 5.84 Å². The van der Waals surface area contributed by atoms with Crippen LogP contribution >= 0.6 is 67.8 Å². The molecule has 0 aliphatic heterocycles. The molecule has 1 aromatic carbocycles. The molecule has 0 atom stereocenters. The lowest BCUT2D eigenvalue weighted by atomic mass is 10.2. The van der Waals surface area contributed by atoms with Gasteiger partial charge in [-0.2, -0.15) is 0 Å². The van der Waals surface area contributed by atoms with Gasteiger partial charge in [0.05, 0.1) is 0 Å². The molecule has 0 heterocycles. The van der Waals surface area contributed by atoms with Gasteiger partial charge in [0.25, 0.3) is 0 Å². The van der Waals surface area contributed by atoms with Crippen LogP contribution < -0.4 is 11.3 Å². The van der Waals surface area contributed by atoms with Gasteiger partial charge in [-0.3, -0.25) is 11.3 Å². The fraction of sp³-hybridized carbons (Fsp3) is 0.143. The molecule has 0 bridgehead atoms. The maximum absolute atomic E-state index is 5.27. The van der Waals surface area contributed by atoms with Crippen LogP contribution in [0.25, 0.3) is 0 Å². The Morgan fingerprint density at radius 1 is 1.25 bits per heavy atom. The average molecular weight is 500 g/mol. The van der Waals surface area contributed by atoms with Crippen LogP contribution in [0.5, 0.6) is 0 Å². The molecule has 5 heteroatoms. The number of halogens is 3. The summed E-state index contributed by atoms with van der Waals surface area (Å²) in [5.41, 5.74) is 3.93. The van der Waals surface area contributed by atoms with Gasteiger partial charge in [0.1, 0.15) is 0 Å². The van der Waals surface area contributed by atoms with Crippen molar-refractivity contribution in [2.45, 2.75) is 6.54 Å². The highest BCUT2D eigenvalue weighted by Crippen LogP contribution is 2.22. The molecule has 0 radical (unpaired) electrons. The first kappa shape index (κ1) is 11.4. The lowest BCUT2D eigenvalue weighted by molar-refractivity contribution is 0.737. The van der Waals surface area contributed by atoms with Gasteiger partial charge in [0.2, 0.25) is 0 Å². The van der Waals surface area contributed by atoms with Crippen LogP contribution in [0.2, 0.25) is 0 Å². The zero-order valence-corrected chi connectivity index (χ0v) is 12.5. The number of benzene rings is 1. The van der Waals surface area contributed by atoms with E-state index in [9.17, 15) is 0 Å². The molecule has 1 rings (SSSR count). The fourth-order valence-electron chi connectivity index (χ4n) is 0.848. The molecule has 2 nitrogen and oxygen atoms in total. The second-order valence-electron chi connectivity index (χ2n) is 2.24. The zero-order valence-electron chi connectivity index (χ0n) is 6.07. The Kier molecular flexibility index (Phi) is 5.01. The highest BCUT2D eigenvalue weighted by molar-refractivity contribution is 14.1. The number of hydrogen-bond acceptors (Lipinski definition) is 2. The summed E-state index contributed by atoms with van der Waals surface area (Å²) in [7, 11) is 0. The molecule has 12 heavy (non-hydrogen) atoms. The number of nitrogens with two attached hydrogens (primary N) is 1. The molecule has 0 aliphatic rings.